The van der Waals surface area contributed by atoms with E-state index in [1.54, 1.807) is 34.8 Å². The molecule has 2 aromatic rings. The number of hydrogen-bond donors (Lipinski definition) is 1. The van der Waals surface area contributed by atoms with Crippen LogP contribution in [0.2, 0.25) is 0 Å². The highest BCUT2D eigenvalue weighted by atomic mass is 32.2. The Labute approximate surface area is 187 Å². The van der Waals surface area contributed by atoms with E-state index < -0.39 is 16.1 Å². The van der Waals surface area contributed by atoms with E-state index in [9.17, 15) is 18.0 Å². The summed E-state index contributed by atoms with van der Waals surface area (Å²) in [6.07, 6.45) is 2.84. The number of ether oxygens (including phenoxy) is 1. The van der Waals surface area contributed by atoms with Crippen molar-refractivity contribution in [1.82, 2.24) is 19.9 Å². The van der Waals surface area contributed by atoms with Gasteiger partial charge < -0.3 is 9.64 Å². The molecule has 0 spiro atoms. The summed E-state index contributed by atoms with van der Waals surface area (Å²) in [7, 11) is -3.78. The molecule has 1 aromatic heterocycles. The smallest absolute Gasteiger partial charge is 0.309 e. The molecule has 1 aliphatic rings. The Kier molecular flexibility index (Phi) is 7.29. The number of rotatable bonds is 7. The Hall–Kier alpha value is -2.79. The monoisotopic (exact) mass is 463 g/mol. The fourth-order valence-corrected chi connectivity index (χ4v) is 4.36. The summed E-state index contributed by atoms with van der Waals surface area (Å²) in [4.78, 5) is 27.0. The molecule has 1 fully saturated rings. The van der Waals surface area contributed by atoms with Gasteiger partial charge in [-0.05, 0) is 37.8 Å². The molecule has 1 unspecified atom stereocenters. The Morgan fingerprint density at radius 2 is 1.81 bits per heavy atom. The van der Waals surface area contributed by atoms with Gasteiger partial charge in [0, 0.05) is 18.7 Å². The van der Waals surface area contributed by atoms with E-state index >= 15 is 0 Å². The first-order chi connectivity index (χ1) is 15.1. The molecule has 11 heteroatoms. The van der Waals surface area contributed by atoms with E-state index in [4.69, 9.17) is 9.88 Å². The summed E-state index contributed by atoms with van der Waals surface area (Å²) in [5, 5.41) is 13.5. The van der Waals surface area contributed by atoms with E-state index in [2.05, 4.69) is 10.3 Å². The van der Waals surface area contributed by atoms with Crippen LogP contribution in [0.1, 0.15) is 39.7 Å². The quantitative estimate of drug-likeness (QED) is 0.616. The second-order valence-electron chi connectivity index (χ2n) is 8.19. The van der Waals surface area contributed by atoms with Gasteiger partial charge in [0.25, 0.3) is 0 Å². The Morgan fingerprint density at radius 1 is 1.19 bits per heavy atom. The number of carbonyl (C=O) groups excluding carboxylic acids is 2. The molecular formula is C21H29N5O5S. The van der Waals surface area contributed by atoms with Crippen molar-refractivity contribution in [2.75, 3.05) is 19.7 Å². The maximum Gasteiger partial charge on any atom is 0.309 e. The summed E-state index contributed by atoms with van der Waals surface area (Å²) in [6, 6.07) is 5.46. The zero-order chi connectivity index (χ0) is 23.5. The third kappa shape index (κ3) is 5.33. The van der Waals surface area contributed by atoms with Crippen LogP contribution in [0.4, 0.5) is 0 Å². The summed E-state index contributed by atoms with van der Waals surface area (Å²) >= 11 is 0. The molecule has 2 N–H and O–H groups in total. The lowest BCUT2D eigenvalue weighted by Gasteiger charge is -2.34. The minimum absolute atomic E-state index is 0.00935. The summed E-state index contributed by atoms with van der Waals surface area (Å²) in [5.74, 6) is -0.475. The molecular weight excluding hydrogens is 434 g/mol. The number of esters is 1. The lowest BCUT2D eigenvalue weighted by Crippen LogP contribution is -2.45. The molecule has 0 aliphatic carbocycles. The fourth-order valence-electron chi connectivity index (χ4n) is 3.85. The van der Waals surface area contributed by atoms with Crippen molar-refractivity contribution >= 4 is 21.9 Å². The van der Waals surface area contributed by atoms with Crippen molar-refractivity contribution in [3.63, 3.8) is 0 Å². The second kappa shape index (κ2) is 9.78. The third-order valence-corrected chi connectivity index (χ3v) is 6.51. The molecule has 10 nitrogen and oxygen atoms in total. The largest absolute Gasteiger partial charge is 0.466 e. The number of carbonyl (C=O) groups is 2. The van der Waals surface area contributed by atoms with Crippen LogP contribution in [-0.2, 0) is 24.3 Å². The molecule has 1 saturated heterocycles. The van der Waals surface area contributed by atoms with Crippen LogP contribution in [0.15, 0.2) is 35.4 Å². The highest BCUT2D eigenvalue weighted by molar-refractivity contribution is 7.89. The number of nitrogens with two attached hydrogens (primary N) is 1. The first-order valence-corrected chi connectivity index (χ1v) is 12.2. The number of primary sulfonamides is 1. The molecule has 0 radical (unpaired) electrons. The van der Waals surface area contributed by atoms with Crippen molar-refractivity contribution < 1.29 is 22.7 Å². The van der Waals surface area contributed by atoms with Gasteiger partial charge in [0.2, 0.25) is 15.9 Å². The van der Waals surface area contributed by atoms with Gasteiger partial charge in [-0.15, -0.1) is 5.10 Å². The fraction of sp³-hybridized carbons (Fsp3) is 0.524. The van der Waals surface area contributed by atoms with Gasteiger partial charge in [-0.2, -0.15) is 0 Å². The normalized spacial score (nSPS) is 16.2. The SMILES string of the molecule is CCOC(=O)C1CCN(C(=O)C(C(C)C)n2cc(-c3ccc(S(N)(=O)=O)cc3)nn2)CC1. The van der Waals surface area contributed by atoms with Crippen LogP contribution in [0.25, 0.3) is 11.3 Å². The van der Waals surface area contributed by atoms with Crippen molar-refractivity contribution in [1.29, 1.82) is 0 Å². The highest BCUT2D eigenvalue weighted by Crippen LogP contribution is 2.26. The maximum absolute atomic E-state index is 13.3. The van der Waals surface area contributed by atoms with Gasteiger partial charge in [0.1, 0.15) is 11.7 Å². The van der Waals surface area contributed by atoms with Crippen molar-refractivity contribution in [3.8, 4) is 11.3 Å². The maximum atomic E-state index is 13.3. The van der Waals surface area contributed by atoms with Crippen molar-refractivity contribution in [2.24, 2.45) is 17.0 Å². The van der Waals surface area contributed by atoms with E-state index in [-0.39, 0.29) is 28.6 Å². The van der Waals surface area contributed by atoms with Gasteiger partial charge in [0.15, 0.2) is 0 Å². The van der Waals surface area contributed by atoms with Gasteiger partial charge in [0.05, 0.1) is 23.6 Å². The van der Waals surface area contributed by atoms with Gasteiger partial charge in [-0.3, -0.25) is 9.59 Å². The number of amides is 1. The molecule has 1 aromatic carbocycles. The number of likely N-dealkylation sites (tertiary alicyclic amines) is 1. The van der Waals surface area contributed by atoms with Gasteiger partial charge in [-0.25, -0.2) is 18.2 Å². The molecule has 1 atom stereocenters. The molecule has 0 bridgehead atoms. The second-order valence-corrected chi connectivity index (χ2v) is 9.76. The summed E-state index contributed by atoms with van der Waals surface area (Å²) < 4.78 is 29.5. The van der Waals surface area contributed by atoms with Gasteiger partial charge >= 0.3 is 5.97 Å². The van der Waals surface area contributed by atoms with Crippen LogP contribution >= 0.6 is 0 Å². The third-order valence-electron chi connectivity index (χ3n) is 5.58. The number of nitrogens with zero attached hydrogens (tertiary/aromatic N) is 4. The molecule has 2 heterocycles. The standard InChI is InChI=1S/C21H29N5O5S/c1-4-31-21(28)16-9-11-25(12-10-16)20(27)19(14(2)3)26-13-18(23-24-26)15-5-7-17(8-6-15)32(22,29)30/h5-8,13-14,16,19H,4,9-12H2,1-3H3,(H2,22,29,30). The molecule has 32 heavy (non-hydrogen) atoms. The lowest BCUT2D eigenvalue weighted by molar-refractivity contribution is -0.152. The number of sulfonamides is 1. The topological polar surface area (TPSA) is 137 Å². The Morgan fingerprint density at radius 3 is 2.34 bits per heavy atom. The molecule has 3 rings (SSSR count). The van der Waals surface area contributed by atoms with Crippen molar-refractivity contribution in [2.45, 2.75) is 44.6 Å². The average molecular weight is 464 g/mol. The van der Waals surface area contributed by atoms with E-state index in [0.29, 0.717) is 43.8 Å². The first kappa shape index (κ1) is 23.9. The van der Waals surface area contributed by atoms with Crippen LogP contribution in [-0.4, -0.2) is 59.9 Å². The average Bonchev–Trinajstić information content (AvgIpc) is 3.23. The number of piperidine rings is 1. The van der Waals surface area contributed by atoms with E-state index in [0.717, 1.165) is 0 Å². The first-order valence-electron chi connectivity index (χ1n) is 10.6. The number of hydrogen-bond acceptors (Lipinski definition) is 7. The molecule has 0 saturated carbocycles. The Bertz CT molecular complexity index is 1060. The predicted molar refractivity (Wildman–Crippen MR) is 117 cm³/mol. The minimum Gasteiger partial charge on any atom is -0.466 e. The minimum atomic E-state index is -3.78. The lowest BCUT2D eigenvalue weighted by atomic mass is 9.95. The highest BCUT2D eigenvalue weighted by Gasteiger charge is 2.34. The molecule has 1 aliphatic heterocycles. The van der Waals surface area contributed by atoms with E-state index in [1.807, 2.05) is 13.8 Å². The number of benzene rings is 1. The number of aromatic nitrogens is 3. The zero-order valence-electron chi connectivity index (χ0n) is 18.5. The van der Waals surface area contributed by atoms with Gasteiger partial charge in [-0.1, -0.05) is 31.2 Å². The molecule has 1 amide bonds. The molecule has 174 valence electrons. The van der Waals surface area contributed by atoms with Crippen LogP contribution in [0, 0.1) is 11.8 Å². The predicted octanol–water partition coefficient (Wildman–Crippen LogP) is 1.59. The van der Waals surface area contributed by atoms with Crippen LogP contribution in [0.3, 0.4) is 0 Å². The van der Waals surface area contributed by atoms with E-state index in [1.165, 1.54) is 12.1 Å². The Balaban J connectivity index is 1.73. The zero-order valence-corrected chi connectivity index (χ0v) is 19.3. The van der Waals surface area contributed by atoms with Crippen LogP contribution in [0.5, 0.6) is 0 Å². The summed E-state index contributed by atoms with van der Waals surface area (Å²) in [5.41, 5.74) is 1.18. The van der Waals surface area contributed by atoms with Crippen molar-refractivity contribution in [3.05, 3.63) is 30.5 Å². The summed E-state index contributed by atoms with van der Waals surface area (Å²) in [6.45, 7) is 6.99. The van der Waals surface area contributed by atoms with Crippen LogP contribution < -0.4 is 5.14 Å².